The van der Waals surface area contributed by atoms with Crippen LogP contribution >= 0.6 is 11.8 Å². The van der Waals surface area contributed by atoms with E-state index in [1.54, 1.807) is 6.07 Å². The number of hydrogen-bond acceptors (Lipinski definition) is 4. The van der Waals surface area contributed by atoms with Crippen LogP contribution in [-0.2, 0) is 4.79 Å². The van der Waals surface area contributed by atoms with Gasteiger partial charge in [0.05, 0.1) is 27.9 Å². The Bertz CT molecular complexity index is 1240. The maximum atomic E-state index is 13.5. The zero-order chi connectivity index (χ0) is 22.7. The number of nitrogens with zero attached hydrogens (tertiary/aromatic N) is 2. The Kier molecular flexibility index (Phi) is 6.51. The summed E-state index contributed by atoms with van der Waals surface area (Å²) in [4.78, 5) is 22.3. The molecule has 0 aliphatic carbocycles. The Morgan fingerprint density at radius 1 is 0.938 bits per heavy atom. The van der Waals surface area contributed by atoms with E-state index in [1.165, 1.54) is 23.9 Å². The smallest absolute Gasteiger partial charge is 0.234 e. The molecular formula is C26H24FN3OS. The maximum Gasteiger partial charge on any atom is 0.234 e. The van der Waals surface area contributed by atoms with Gasteiger partial charge in [0.2, 0.25) is 5.91 Å². The van der Waals surface area contributed by atoms with E-state index in [2.05, 4.69) is 25.2 Å². The number of anilines is 1. The van der Waals surface area contributed by atoms with Crippen LogP contribution in [0, 0.1) is 26.6 Å². The molecule has 4 rings (SSSR count). The van der Waals surface area contributed by atoms with Crippen molar-refractivity contribution < 1.29 is 9.18 Å². The minimum absolute atomic E-state index is 0.178. The number of hydrogen-bond donors (Lipinski definition) is 1. The number of aryl methyl sites for hydroxylation is 3. The van der Waals surface area contributed by atoms with Crippen LogP contribution in [0.2, 0.25) is 0 Å². The van der Waals surface area contributed by atoms with Crippen molar-refractivity contribution in [2.24, 2.45) is 9.98 Å². The Hall–Kier alpha value is -3.25. The molecule has 0 bridgehead atoms. The lowest BCUT2D eigenvalue weighted by Gasteiger charge is -2.10. The number of aliphatic imine (C=N–C) groups is 2. The fraction of sp³-hybridized carbons (Fsp3) is 0.192. The Balaban J connectivity index is 1.58. The molecule has 0 saturated carbocycles. The van der Waals surface area contributed by atoms with Crippen molar-refractivity contribution in [1.82, 2.24) is 0 Å². The first-order valence-electron chi connectivity index (χ1n) is 10.4. The van der Waals surface area contributed by atoms with E-state index in [1.807, 2.05) is 43.3 Å². The van der Waals surface area contributed by atoms with Crippen molar-refractivity contribution in [2.45, 2.75) is 27.2 Å². The molecule has 32 heavy (non-hydrogen) atoms. The minimum Gasteiger partial charge on any atom is -0.325 e. The van der Waals surface area contributed by atoms with E-state index in [4.69, 9.17) is 9.98 Å². The third-order valence-corrected chi connectivity index (χ3v) is 6.34. The molecule has 1 aliphatic heterocycles. The predicted molar refractivity (Wildman–Crippen MR) is 132 cm³/mol. The second-order valence-electron chi connectivity index (χ2n) is 7.83. The van der Waals surface area contributed by atoms with Crippen LogP contribution in [0.5, 0.6) is 0 Å². The zero-order valence-corrected chi connectivity index (χ0v) is 19.1. The normalized spacial score (nSPS) is 13.0. The van der Waals surface area contributed by atoms with Crippen molar-refractivity contribution in [3.8, 4) is 0 Å². The Labute approximate surface area is 191 Å². The van der Waals surface area contributed by atoms with Crippen LogP contribution in [0.4, 0.5) is 21.5 Å². The predicted octanol–water partition coefficient (Wildman–Crippen LogP) is 6.68. The van der Waals surface area contributed by atoms with Crippen LogP contribution in [-0.4, -0.2) is 22.4 Å². The lowest BCUT2D eigenvalue weighted by atomic mass is 10.1. The molecule has 1 heterocycles. The molecule has 0 atom stereocenters. The molecule has 162 valence electrons. The van der Waals surface area contributed by atoms with Crippen molar-refractivity contribution in [3.05, 3.63) is 88.7 Å². The number of fused-ring (bicyclic) bond motifs is 1. The number of thioether (sulfide) groups is 1. The molecule has 1 N–H and O–H groups in total. The van der Waals surface area contributed by atoms with Gasteiger partial charge < -0.3 is 5.32 Å². The summed E-state index contributed by atoms with van der Waals surface area (Å²) in [5, 5.41) is 3.62. The van der Waals surface area contributed by atoms with E-state index in [0.717, 1.165) is 44.4 Å². The van der Waals surface area contributed by atoms with Gasteiger partial charge in [-0.2, -0.15) is 0 Å². The van der Waals surface area contributed by atoms with Gasteiger partial charge in [-0.15, -0.1) is 11.8 Å². The van der Waals surface area contributed by atoms with Crippen LogP contribution in [0.15, 0.2) is 70.6 Å². The first-order valence-corrected chi connectivity index (χ1v) is 11.4. The Morgan fingerprint density at radius 2 is 1.62 bits per heavy atom. The molecule has 6 heteroatoms. The number of nitrogens with one attached hydrogen (secondary N) is 1. The summed E-state index contributed by atoms with van der Waals surface area (Å²) < 4.78 is 13.5. The van der Waals surface area contributed by atoms with Crippen molar-refractivity contribution in [2.75, 3.05) is 11.1 Å². The molecular weight excluding hydrogens is 421 g/mol. The van der Waals surface area contributed by atoms with Gasteiger partial charge in [0.15, 0.2) is 0 Å². The molecule has 1 amide bonds. The van der Waals surface area contributed by atoms with Gasteiger partial charge in [0.25, 0.3) is 0 Å². The third kappa shape index (κ3) is 5.14. The van der Waals surface area contributed by atoms with E-state index in [0.29, 0.717) is 12.1 Å². The number of rotatable bonds is 4. The average molecular weight is 446 g/mol. The van der Waals surface area contributed by atoms with E-state index in [-0.39, 0.29) is 17.5 Å². The van der Waals surface area contributed by atoms with Crippen LogP contribution in [0.1, 0.15) is 28.7 Å². The fourth-order valence-corrected chi connectivity index (χ4v) is 4.18. The first kappa shape index (κ1) is 22.0. The zero-order valence-electron chi connectivity index (χ0n) is 18.3. The highest BCUT2D eigenvalue weighted by atomic mass is 32.2. The average Bonchev–Trinajstić information content (AvgIpc) is 2.95. The maximum absolute atomic E-state index is 13.5. The van der Waals surface area contributed by atoms with Gasteiger partial charge in [-0.25, -0.2) is 9.38 Å². The molecule has 4 nitrogen and oxygen atoms in total. The third-order valence-electron chi connectivity index (χ3n) is 5.36. The largest absolute Gasteiger partial charge is 0.325 e. The van der Waals surface area contributed by atoms with Crippen molar-refractivity contribution >= 4 is 45.5 Å². The van der Waals surface area contributed by atoms with E-state index < -0.39 is 0 Å². The quantitative estimate of drug-likeness (QED) is 0.487. The Morgan fingerprint density at radius 3 is 2.34 bits per heavy atom. The van der Waals surface area contributed by atoms with Gasteiger partial charge in [-0.1, -0.05) is 36.4 Å². The molecule has 0 unspecified atom stereocenters. The molecule has 3 aromatic carbocycles. The second-order valence-corrected chi connectivity index (χ2v) is 8.88. The highest BCUT2D eigenvalue weighted by molar-refractivity contribution is 8.14. The summed E-state index contributed by atoms with van der Waals surface area (Å²) in [7, 11) is 0. The summed E-state index contributed by atoms with van der Waals surface area (Å²) in [6.07, 6.45) is 0.535. The molecule has 3 aromatic rings. The summed E-state index contributed by atoms with van der Waals surface area (Å²) in [5.74, 6) is -0.399. The summed E-state index contributed by atoms with van der Waals surface area (Å²) in [6, 6.07) is 18.5. The number of benzene rings is 3. The van der Waals surface area contributed by atoms with Gasteiger partial charge in [0, 0.05) is 12.1 Å². The van der Waals surface area contributed by atoms with Gasteiger partial charge in [0.1, 0.15) is 5.82 Å². The molecule has 0 radical (unpaired) electrons. The van der Waals surface area contributed by atoms with Crippen LogP contribution in [0.3, 0.4) is 0 Å². The van der Waals surface area contributed by atoms with Gasteiger partial charge >= 0.3 is 0 Å². The second kappa shape index (κ2) is 9.49. The minimum atomic E-state index is -0.377. The van der Waals surface area contributed by atoms with Crippen molar-refractivity contribution in [1.29, 1.82) is 0 Å². The summed E-state index contributed by atoms with van der Waals surface area (Å²) >= 11 is 1.38. The van der Waals surface area contributed by atoms with E-state index >= 15 is 0 Å². The number of carbonyl (C=O) groups is 1. The van der Waals surface area contributed by atoms with E-state index in [9.17, 15) is 9.18 Å². The van der Waals surface area contributed by atoms with Crippen LogP contribution in [0.25, 0.3) is 0 Å². The lowest BCUT2D eigenvalue weighted by molar-refractivity contribution is -0.113. The van der Waals surface area contributed by atoms with Gasteiger partial charge in [-0.05, 0) is 67.3 Å². The molecule has 1 aliphatic rings. The monoisotopic (exact) mass is 445 g/mol. The molecule has 0 saturated heterocycles. The number of carbonyl (C=O) groups excluding carboxylic acids is 1. The topological polar surface area (TPSA) is 53.8 Å². The standard InChI is InChI=1S/C26H24FN3OS/c1-16-9-10-20(27)13-21(16)29-25(31)15-32-26-14-22(19-7-5-4-6-8-19)28-23-11-17(2)18(3)12-24(23)30-26/h4-13H,14-15H2,1-3H3,(H,29,31). The number of halogens is 1. The first-order chi connectivity index (χ1) is 15.4. The molecule has 0 aromatic heterocycles. The lowest BCUT2D eigenvalue weighted by Crippen LogP contribution is -2.17. The molecule has 0 fully saturated rings. The molecule has 0 spiro atoms. The SMILES string of the molecule is Cc1cc2c(cc1C)N=C(c1ccccc1)CC(SCC(=O)Nc1cc(F)ccc1C)=N2. The number of amides is 1. The summed E-state index contributed by atoms with van der Waals surface area (Å²) in [5.41, 5.74) is 7.21. The fourth-order valence-electron chi connectivity index (χ4n) is 3.41. The highest BCUT2D eigenvalue weighted by Crippen LogP contribution is 2.36. The highest BCUT2D eigenvalue weighted by Gasteiger charge is 2.18. The van der Waals surface area contributed by atoms with Gasteiger partial charge in [-0.3, -0.25) is 9.79 Å². The van der Waals surface area contributed by atoms with Crippen LogP contribution < -0.4 is 5.32 Å². The van der Waals surface area contributed by atoms with Crippen molar-refractivity contribution in [3.63, 3.8) is 0 Å². The summed E-state index contributed by atoms with van der Waals surface area (Å²) in [6.45, 7) is 5.96.